The molecule has 1 aliphatic rings. The lowest BCUT2D eigenvalue weighted by atomic mass is 10.1. The van der Waals surface area contributed by atoms with Crippen LogP contribution in [0.5, 0.6) is 5.88 Å². The number of nitrogens with zero attached hydrogens (tertiary/aromatic N) is 2. The number of hydrogen-bond acceptors (Lipinski definition) is 4. The van der Waals surface area contributed by atoms with Crippen LogP contribution in [0.15, 0.2) is 24.3 Å². The van der Waals surface area contributed by atoms with Gasteiger partial charge in [-0.05, 0) is 18.6 Å². The quantitative estimate of drug-likeness (QED) is 0.798. The smallest absolute Gasteiger partial charge is 0.235 e. The number of pyridine rings is 1. The number of carbonyl (C=O) groups is 1. The van der Waals surface area contributed by atoms with Crippen molar-refractivity contribution in [1.82, 2.24) is 4.98 Å². The molecule has 3 N–H and O–H groups in total. The number of amides is 1. The molecule has 0 saturated carbocycles. The zero-order valence-corrected chi connectivity index (χ0v) is 9.76. The summed E-state index contributed by atoms with van der Waals surface area (Å²) >= 11 is 0. The second kappa shape index (κ2) is 3.87. The number of hydrogen-bond donors (Lipinski definition) is 2. The molecule has 5 heteroatoms. The van der Waals surface area contributed by atoms with Gasteiger partial charge in [-0.2, -0.15) is 0 Å². The van der Waals surface area contributed by atoms with E-state index >= 15 is 0 Å². The number of anilines is 2. The minimum Gasteiger partial charge on any atom is -0.492 e. The normalized spacial score (nSPS) is 15.6. The highest BCUT2D eigenvalue weighted by Crippen LogP contribution is 2.32. The first kappa shape index (κ1) is 10.8. The topological polar surface area (TPSA) is 79.5 Å². The van der Waals surface area contributed by atoms with Gasteiger partial charge in [-0.1, -0.05) is 12.1 Å². The molecule has 0 spiro atoms. The summed E-state index contributed by atoms with van der Waals surface area (Å²) in [5.41, 5.74) is 7.22. The summed E-state index contributed by atoms with van der Waals surface area (Å²) in [5.74, 6) is -0.0952. The lowest BCUT2D eigenvalue weighted by Gasteiger charge is -2.17. The second-order valence-electron chi connectivity index (χ2n) is 4.40. The van der Waals surface area contributed by atoms with Crippen LogP contribution in [0.3, 0.4) is 0 Å². The summed E-state index contributed by atoms with van der Waals surface area (Å²) in [5, 5.41) is 10.4. The summed E-state index contributed by atoms with van der Waals surface area (Å²) in [6.45, 7) is 0.699. The Kier molecular flexibility index (Phi) is 2.33. The third-order valence-electron chi connectivity index (χ3n) is 3.20. The van der Waals surface area contributed by atoms with E-state index in [9.17, 15) is 9.90 Å². The number of aromatic hydroxyl groups is 1. The molecular formula is C13H13N3O2. The Morgan fingerprint density at radius 2 is 2.22 bits per heavy atom. The molecule has 5 nitrogen and oxygen atoms in total. The maximum absolute atomic E-state index is 11.8. The molecule has 1 aromatic heterocycles. The molecule has 2 aromatic rings. The molecule has 0 aliphatic carbocycles. The van der Waals surface area contributed by atoms with Crippen LogP contribution in [0.4, 0.5) is 11.4 Å². The van der Waals surface area contributed by atoms with Crippen molar-refractivity contribution in [3.63, 3.8) is 0 Å². The fourth-order valence-corrected chi connectivity index (χ4v) is 2.31. The van der Waals surface area contributed by atoms with Crippen molar-refractivity contribution in [2.45, 2.75) is 12.8 Å². The van der Waals surface area contributed by atoms with Gasteiger partial charge in [0.1, 0.15) is 0 Å². The van der Waals surface area contributed by atoms with E-state index < -0.39 is 0 Å². The van der Waals surface area contributed by atoms with E-state index in [-0.39, 0.29) is 17.5 Å². The van der Waals surface area contributed by atoms with E-state index in [1.54, 1.807) is 11.0 Å². The standard InChI is InChI=1S/C13H13N3O2/c14-9-7-8-3-1-4-10(12(8)15-13(9)18)16-6-2-5-11(16)17/h1,3-4,7H,2,5-6,14H2,(H,15,18). The first-order valence-electron chi connectivity index (χ1n) is 5.85. The SMILES string of the molecule is Nc1cc2cccc(N3CCCC3=O)c2nc1O. The third-order valence-corrected chi connectivity index (χ3v) is 3.20. The molecule has 1 amide bonds. The van der Waals surface area contributed by atoms with Crippen molar-refractivity contribution in [2.75, 3.05) is 17.2 Å². The Labute approximate surface area is 104 Å². The molecule has 0 radical (unpaired) electrons. The van der Waals surface area contributed by atoms with Crippen LogP contribution < -0.4 is 10.6 Å². The average molecular weight is 243 g/mol. The number of rotatable bonds is 1. The van der Waals surface area contributed by atoms with Gasteiger partial charge in [0.15, 0.2) is 0 Å². The molecule has 1 saturated heterocycles. The summed E-state index contributed by atoms with van der Waals surface area (Å²) in [4.78, 5) is 17.6. The molecule has 0 atom stereocenters. The van der Waals surface area contributed by atoms with Gasteiger partial charge in [0.25, 0.3) is 0 Å². The van der Waals surface area contributed by atoms with Gasteiger partial charge in [0, 0.05) is 18.4 Å². The van der Waals surface area contributed by atoms with Crippen molar-refractivity contribution in [2.24, 2.45) is 0 Å². The van der Waals surface area contributed by atoms with Crippen molar-refractivity contribution in [3.05, 3.63) is 24.3 Å². The van der Waals surface area contributed by atoms with E-state index in [1.165, 1.54) is 0 Å². The van der Waals surface area contributed by atoms with E-state index in [4.69, 9.17) is 5.73 Å². The van der Waals surface area contributed by atoms with Crippen molar-refractivity contribution in [3.8, 4) is 5.88 Å². The van der Waals surface area contributed by atoms with Gasteiger partial charge in [0.05, 0.1) is 16.9 Å². The molecule has 1 aromatic carbocycles. The van der Waals surface area contributed by atoms with Gasteiger partial charge >= 0.3 is 0 Å². The number of para-hydroxylation sites is 1. The van der Waals surface area contributed by atoms with Gasteiger partial charge in [-0.15, -0.1) is 0 Å². The Morgan fingerprint density at radius 3 is 2.94 bits per heavy atom. The van der Waals surface area contributed by atoms with Crippen LogP contribution in [0, 0.1) is 0 Å². The van der Waals surface area contributed by atoms with Crippen LogP contribution >= 0.6 is 0 Å². The molecule has 3 rings (SSSR count). The Bertz CT molecular complexity index is 639. The number of benzene rings is 1. The maximum atomic E-state index is 11.8. The average Bonchev–Trinajstić information content (AvgIpc) is 2.76. The van der Waals surface area contributed by atoms with Crippen molar-refractivity contribution >= 4 is 28.2 Å². The zero-order chi connectivity index (χ0) is 12.7. The number of nitrogens with two attached hydrogens (primary N) is 1. The van der Waals surface area contributed by atoms with Crippen molar-refractivity contribution < 1.29 is 9.90 Å². The number of fused-ring (bicyclic) bond motifs is 1. The number of carbonyl (C=O) groups excluding carboxylic acids is 1. The molecule has 2 heterocycles. The van der Waals surface area contributed by atoms with E-state index in [0.717, 1.165) is 17.5 Å². The Morgan fingerprint density at radius 1 is 1.39 bits per heavy atom. The number of nitrogen functional groups attached to an aromatic ring is 1. The summed E-state index contributed by atoms with van der Waals surface area (Å²) in [6, 6.07) is 7.24. The minimum atomic E-state index is -0.193. The lowest BCUT2D eigenvalue weighted by molar-refractivity contribution is -0.117. The van der Waals surface area contributed by atoms with Crippen LogP contribution in [0.1, 0.15) is 12.8 Å². The fourth-order valence-electron chi connectivity index (χ4n) is 2.31. The summed E-state index contributed by atoms with van der Waals surface area (Å²) in [6.07, 6.45) is 1.42. The first-order valence-corrected chi connectivity index (χ1v) is 5.85. The Balaban J connectivity index is 2.23. The van der Waals surface area contributed by atoms with Crippen molar-refractivity contribution in [1.29, 1.82) is 0 Å². The molecule has 18 heavy (non-hydrogen) atoms. The molecule has 0 unspecified atom stereocenters. The monoisotopic (exact) mass is 243 g/mol. The van der Waals surface area contributed by atoms with Crippen LogP contribution in [-0.2, 0) is 4.79 Å². The summed E-state index contributed by atoms with van der Waals surface area (Å²) < 4.78 is 0. The van der Waals surface area contributed by atoms with Gasteiger partial charge in [-0.25, -0.2) is 4.98 Å². The predicted molar refractivity (Wildman–Crippen MR) is 69.4 cm³/mol. The molecule has 92 valence electrons. The third kappa shape index (κ3) is 1.55. The molecule has 0 bridgehead atoms. The van der Waals surface area contributed by atoms with Gasteiger partial charge < -0.3 is 15.7 Å². The highest BCUT2D eigenvalue weighted by atomic mass is 16.3. The van der Waals surface area contributed by atoms with Crippen LogP contribution in [-0.4, -0.2) is 22.5 Å². The lowest BCUT2D eigenvalue weighted by Crippen LogP contribution is -2.24. The van der Waals surface area contributed by atoms with E-state index in [0.29, 0.717) is 18.5 Å². The maximum Gasteiger partial charge on any atom is 0.235 e. The van der Waals surface area contributed by atoms with E-state index in [1.807, 2.05) is 18.2 Å². The molecular weight excluding hydrogens is 230 g/mol. The van der Waals surface area contributed by atoms with Crippen LogP contribution in [0.25, 0.3) is 10.9 Å². The van der Waals surface area contributed by atoms with Crippen LogP contribution in [0.2, 0.25) is 0 Å². The van der Waals surface area contributed by atoms with Gasteiger partial charge in [-0.3, -0.25) is 4.79 Å². The largest absolute Gasteiger partial charge is 0.492 e. The highest BCUT2D eigenvalue weighted by Gasteiger charge is 2.23. The highest BCUT2D eigenvalue weighted by molar-refractivity contribution is 6.03. The Hall–Kier alpha value is -2.30. The van der Waals surface area contributed by atoms with E-state index in [2.05, 4.69) is 4.98 Å². The number of aromatic nitrogens is 1. The minimum absolute atomic E-state index is 0.0978. The summed E-state index contributed by atoms with van der Waals surface area (Å²) in [7, 11) is 0. The zero-order valence-electron chi connectivity index (χ0n) is 9.76. The molecule has 1 fully saturated rings. The second-order valence-corrected chi connectivity index (χ2v) is 4.40. The molecule has 1 aliphatic heterocycles. The first-order chi connectivity index (χ1) is 8.66. The van der Waals surface area contributed by atoms with Gasteiger partial charge in [0.2, 0.25) is 11.8 Å². The fraction of sp³-hybridized carbons (Fsp3) is 0.231. The predicted octanol–water partition coefficient (Wildman–Crippen LogP) is 1.65.